The number of nitrogens with one attached hydrogen (secondary N) is 2. The summed E-state index contributed by atoms with van der Waals surface area (Å²) >= 11 is 1.46. The third kappa shape index (κ3) is 3.46. The molecule has 1 atom stereocenters. The minimum Gasteiger partial charge on any atom is -0.383 e. The van der Waals surface area contributed by atoms with Gasteiger partial charge in [-0.25, -0.2) is 0 Å². The van der Waals surface area contributed by atoms with E-state index >= 15 is 0 Å². The topological polar surface area (TPSA) is 78.0 Å². The maximum Gasteiger partial charge on any atom is 0.271 e. The number of aliphatic hydroxyl groups is 1. The van der Waals surface area contributed by atoms with Gasteiger partial charge in [0.05, 0.1) is 6.54 Å². The Morgan fingerprint density at radius 1 is 1.60 bits per heavy atom. The minimum absolute atomic E-state index is 0.155. The number of hydrogen-bond acceptors (Lipinski definition) is 4. The number of carbonyl (C=O) groups is 1. The van der Waals surface area contributed by atoms with E-state index in [9.17, 15) is 9.90 Å². The first-order valence-electron chi connectivity index (χ1n) is 6.62. The highest BCUT2D eigenvalue weighted by molar-refractivity contribution is 7.10. The van der Waals surface area contributed by atoms with Gasteiger partial charge in [0, 0.05) is 10.6 Å². The molecule has 2 rings (SSSR count). The van der Waals surface area contributed by atoms with Crippen molar-refractivity contribution in [3.63, 3.8) is 0 Å². The molecule has 0 fully saturated rings. The molecule has 0 bridgehead atoms. The number of carbonyl (C=O) groups excluding carboxylic acids is 1. The summed E-state index contributed by atoms with van der Waals surface area (Å²) in [6.45, 7) is 3.91. The molecule has 3 N–H and O–H groups in total. The Morgan fingerprint density at radius 2 is 2.40 bits per heavy atom. The molecule has 6 heteroatoms. The average molecular weight is 293 g/mol. The van der Waals surface area contributed by atoms with Crippen LogP contribution in [0.25, 0.3) is 0 Å². The fraction of sp³-hybridized carbons (Fsp3) is 0.429. The molecule has 0 saturated carbocycles. The van der Waals surface area contributed by atoms with Crippen molar-refractivity contribution in [3.8, 4) is 0 Å². The lowest BCUT2D eigenvalue weighted by atomic mass is 10.1. The largest absolute Gasteiger partial charge is 0.383 e. The highest BCUT2D eigenvalue weighted by Gasteiger charge is 2.25. The molecular formula is C14H19N3O2S. The van der Waals surface area contributed by atoms with E-state index in [-0.39, 0.29) is 12.5 Å². The number of H-pyrrole nitrogens is 1. The highest BCUT2D eigenvalue weighted by Crippen LogP contribution is 2.24. The second-order valence-corrected chi connectivity index (χ2v) is 5.91. The summed E-state index contributed by atoms with van der Waals surface area (Å²) in [5.74, 6) is -0.277. The second kappa shape index (κ2) is 6.19. The zero-order valence-corrected chi connectivity index (χ0v) is 12.5. The van der Waals surface area contributed by atoms with Gasteiger partial charge in [-0.05, 0) is 30.9 Å². The highest BCUT2D eigenvalue weighted by atomic mass is 32.1. The van der Waals surface area contributed by atoms with E-state index in [1.165, 1.54) is 11.3 Å². The maximum absolute atomic E-state index is 12.0. The summed E-state index contributed by atoms with van der Waals surface area (Å²) in [5, 5.41) is 21.8. The van der Waals surface area contributed by atoms with Crippen LogP contribution in [0.1, 0.15) is 41.3 Å². The van der Waals surface area contributed by atoms with Crippen LogP contribution in [0.2, 0.25) is 0 Å². The van der Waals surface area contributed by atoms with Gasteiger partial charge in [-0.2, -0.15) is 5.10 Å². The first-order valence-corrected chi connectivity index (χ1v) is 7.49. The fourth-order valence-electron chi connectivity index (χ4n) is 1.89. The van der Waals surface area contributed by atoms with E-state index in [0.29, 0.717) is 5.69 Å². The molecule has 20 heavy (non-hydrogen) atoms. The maximum atomic E-state index is 12.0. The third-order valence-electron chi connectivity index (χ3n) is 3.03. The Hall–Kier alpha value is -1.66. The Balaban J connectivity index is 1.94. The van der Waals surface area contributed by atoms with E-state index in [4.69, 9.17) is 0 Å². The summed E-state index contributed by atoms with van der Waals surface area (Å²) in [4.78, 5) is 12.8. The molecule has 0 spiro atoms. The van der Waals surface area contributed by atoms with Gasteiger partial charge in [-0.15, -0.1) is 11.3 Å². The van der Waals surface area contributed by atoms with Gasteiger partial charge < -0.3 is 10.4 Å². The van der Waals surface area contributed by atoms with E-state index in [2.05, 4.69) is 22.4 Å². The Morgan fingerprint density at radius 3 is 3.05 bits per heavy atom. The standard InChI is InChI=1S/C14H19N3O2S/c1-3-5-10-8-11(17-16-10)13(18)15-9-14(2,19)12-6-4-7-20-12/h4,6-8,19H,3,5,9H2,1-2H3,(H,15,18)(H,16,17)/t14-/m0/s1. The van der Waals surface area contributed by atoms with Crippen LogP contribution in [0.4, 0.5) is 0 Å². The predicted molar refractivity (Wildman–Crippen MR) is 78.8 cm³/mol. The molecule has 0 unspecified atom stereocenters. The lowest BCUT2D eigenvalue weighted by Crippen LogP contribution is -2.38. The van der Waals surface area contributed by atoms with E-state index in [1.54, 1.807) is 13.0 Å². The van der Waals surface area contributed by atoms with Gasteiger partial charge >= 0.3 is 0 Å². The molecule has 2 aromatic heterocycles. The number of hydrogen-bond donors (Lipinski definition) is 3. The van der Waals surface area contributed by atoms with Crippen LogP contribution in [-0.4, -0.2) is 27.8 Å². The van der Waals surface area contributed by atoms with Crippen molar-refractivity contribution in [1.82, 2.24) is 15.5 Å². The zero-order chi connectivity index (χ0) is 14.6. The molecule has 0 aliphatic heterocycles. The molecule has 0 aliphatic rings. The normalized spacial score (nSPS) is 13.9. The van der Waals surface area contributed by atoms with Crippen molar-refractivity contribution in [2.24, 2.45) is 0 Å². The Kier molecular flexibility index (Phi) is 4.57. The monoisotopic (exact) mass is 293 g/mol. The number of amides is 1. The summed E-state index contributed by atoms with van der Waals surface area (Å²) in [7, 11) is 0. The van der Waals surface area contributed by atoms with E-state index in [1.807, 2.05) is 17.5 Å². The van der Waals surface area contributed by atoms with Crippen LogP contribution < -0.4 is 5.32 Å². The van der Waals surface area contributed by atoms with Crippen LogP contribution in [-0.2, 0) is 12.0 Å². The number of aromatic nitrogens is 2. The van der Waals surface area contributed by atoms with Crippen LogP contribution in [0.15, 0.2) is 23.6 Å². The molecular weight excluding hydrogens is 274 g/mol. The van der Waals surface area contributed by atoms with Crippen molar-refractivity contribution in [1.29, 1.82) is 0 Å². The van der Waals surface area contributed by atoms with Gasteiger partial charge in [0.15, 0.2) is 0 Å². The summed E-state index contributed by atoms with van der Waals surface area (Å²) in [6.07, 6.45) is 1.86. The molecule has 1 amide bonds. The first-order chi connectivity index (χ1) is 9.53. The molecule has 2 aromatic rings. The van der Waals surface area contributed by atoms with Crippen LogP contribution >= 0.6 is 11.3 Å². The number of thiophene rings is 1. The molecule has 0 radical (unpaired) electrons. The molecule has 0 saturated heterocycles. The molecule has 2 heterocycles. The molecule has 108 valence electrons. The van der Waals surface area contributed by atoms with Gasteiger partial charge in [0.25, 0.3) is 5.91 Å². The Bertz CT molecular complexity index is 561. The third-order valence-corrected chi connectivity index (χ3v) is 4.15. The lowest BCUT2D eigenvalue weighted by Gasteiger charge is -2.21. The quantitative estimate of drug-likeness (QED) is 0.763. The number of aryl methyl sites for hydroxylation is 1. The number of aromatic amines is 1. The fourth-order valence-corrected chi connectivity index (χ4v) is 2.68. The van der Waals surface area contributed by atoms with Crippen molar-refractivity contribution < 1.29 is 9.90 Å². The summed E-state index contributed by atoms with van der Waals surface area (Å²) in [6, 6.07) is 5.48. The SMILES string of the molecule is CCCc1cc(C(=O)NC[C@](C)(O)c2cccs2)n[nH]1. The van der Waals surface area contributed by atoms with Crippen molar-refractivity contribution in [2.45, 2.75) is 32.3 Å². The predicted octanol–water partition coefficient (Wildman–Crippen LogP) is 2.06. The van der Waals surface area contributed by atoms with Gasteiger partial charge in [0.1, 0.15) is 11.3 Å². The zero-order valence-electron chi connectivity index (χ0n) is 11.6. The minimum atomic E-state index is -1.06. The van der Waals surface area contributed by atoms with Crippen molar-refractivity contribution in [3.05, 3.63) is 39.8 Å². The summed E-state index contributed by atoms with van der Waals surface area (Å²) < 4.78 is 0. The van der Waals surface area contributed by atoms with Gasteiger partial charge in [-0.1, -0.05) is 19.4 Å². The van der Waals surface area contributed by atoms with Crippen LogP contribution in [0.3, 0.4) is 0 Å². The second-order valence-electron chi connectivity index (χ2n) is 4.96. The van der Waals surface area contributed by atoms with E-state index < -0.39 is 5.60 Å². The van der Waals surface area contributed by atoms with Crippen LogP contribution in [0, 0.1) is 0 Å². The van der Waals surface area contributed by atoms with E-state index in [0.717, 1.165) is 23.4 Å². The van der Waals surface area contributed by atoms with Gasteiger partial charge in [-0.3, -0.25) is 9.89 Å². The van der Waals surface area contributed by atoms with Crippen LogP contribution in [0.5, 0.6) is 0 Å². The molecule has 0 aliphatic carbocycles. The summed E-state index contributed by atoms with van der Waals surface area (Å²) in [5.41, 5.74) is 0.241. The van der Waals surface area contributed by atoms with Crippen molar-refractivity contribution in [2.75, 3.05) is 6.54 Å². The lowest BCUT2D eigenvalue weighted by molar-refractivity contribution is 0.0555. The average Bonchev–Trinajstić information content (AvgIpc) is 3.07. The number of nitrogens with zero attached hydrogens (tertiary/aromatic N) is 1. The van der Waals surface area contributed by atoms with Crippen molar-refractivity contribution >= 4 is 17.2 Å². The first kappa shape index (κ1) is 14.7. The Labute approximate surface area is 122 Å². The molecule has 0 aromatic carbocycles. The smallest absolute Gasteiger partial charge is 0.271 e. The molecule has 5 nitrogen and oxygen atoms in total. The number of rotatable bonds is 6. The van der Waals surface area contributed by atoms with Gasteiger partial charge in [0.2, 0.25) is 0 Å².